The number of nitrogens with zero attached hydrogens (tertiary/aromatic N) is 1. The van der Waals surface area contributed by atoms with E-state index in [-0.39, 0.29) is 12.1 Å². The molecule has 102 valence electrons. The van der Waals surface area contributed by atoms with Crippen molar-refractivity contribution >= 4 is 11.3 Å². The largest absolute Gasteiger partial charge is 0.491 e. The minimum atomic E-state index is 0.194. The van der Waals surface area contributed by atoms with Crippen LogP contribution in [0.15, 0.2) is 30.5 Å². The first-order valence-corrected chi connectivity index (χ1v) is 7.28. The van der Waals surface area contributed by atoms with Crippen molar-refractivity contribution in [2.45, 2.75) is 32.9 Å². The summed E-state index contributed by atoms with van der Waals surface area (Å²) >= 11 is 1.73. The van der Waals surface area contributed by atoms with Gasteiger partial charge in [0.1, 0.15) is 5.75 Å². The van der Waals surface area contributed by atoms with Crippen molar-refractivity contribution < 1.29 is 4.74 Å². The Morgan fingerprint density at radius 2 is 1.89 bits per heavy atom. The summed E-state index contributed by atoms with van der Waals surface area (Å²) in [6.45, 7) is 6.09. The highest BCUT2D eigenvalue weighted by atomic mass is 32.1. The van der Waals surface area contributed by atoms with Gasteiger partial charge in [-0.05, 0) is 45.5 Å². The summed E-state index contributed by atoms with van der Waals surface area (Å²) in [5.41, 5.74) is 1.22. The van der Waals surface area contributed by atoms with Crippen molar-refractivity contribution in [3.8, 4) is 5.75 Å². The van der Waals surface area contributed by atoms with Crippen LogP contribution in [0.5, 0.6) is 5.75 Å². The normalized spacial score (nSPS) is 12.7. The van der Waals surface area contributed by atoms with E-state index in [1.54, 1.807) is 11.3 Å². The standard InChI is InChI=1S/C15H20N2OS/c1-10(2)18-13-7-5-12(6-8-13)15(16-4)14-9-17-11(3)19-14/h5-10,15-16H,1-4H3. The van der Waals surface area contributed by atoms with E-state index in [0.29, 0.717) is 0 Å². The minimum Gasteiger partial charge on any atom is -0.491 e. The number of rotatable bonds is 5. The Kier molecular flexibility index (Phi) is 4.56. The quantitative estimate of drug-likeness (QED) is 0.907. The van der Waals surface area contributed by atoms with Crippen molar-refractivity contribution in [1.82, 2.24) is 10.3 Å². The van der Waals surface area contributed by atoms with Crippen LogP contribution in [0.2, 0.25) is 0 Å². The Hall–Kier alpha value is -1.39. The van der Waals surface area contributed by atoms with Crippen LogP contribution in [0.1, 0.15) is 35.3 Å². The third-order valence-corrected chi connectivity index (χ3v) is 3.78. The number of aromatic nitrogens is 1. The molecular weight excluding hydrogens is 256 g/mol. The van der Waals surface area contributed by atoms with Gasteiger partial charge in [0.05, 0.1) is 17.2 Å². The molecule has 2 aromatic rings. The Labute approximate surface area is 118 Å². The van der Waals surface area contributed by atoms with Crippen LogP contribution < -0.4 is 10.1 Å². The van der Waals surface area contributed by atoms with E-state index in [9.17, 15) is 0 Å². The summed E-state index contributed by atoms with van der Waals surface area (Å²) in [7, 11) is 1.97. The minimum absolute atomic E-state index is 0.194. The molecule has 0 aliphatic rings. The van der Waals surface area contributed by atoms with Gasteiger partial charge in [-0.2, -0.15) is 0 Å². The Morgan fingerprint density at radius 3 is 2.37 bits per heavy atom. The highest BCUT2D eigenvalue weighted by molar-refractivity contribution is 7.11. The lowest BCUT2D eigenvalue weighted by Gasteiger charge is -2.16. The van der Waals surface area contributed by atoms with Crippen molar-refractivity contribution in [2.24, 2.45) is 0 Å². The van der Waals surface area contributed by atoms with Crippen LogP contribution >= 0.6 is 11.3 Å². The summed E-state index contributed by atoms with van der Waals surface area (Å²) in [5.74, 6) is 0.911. The number of hydrogen-bond acceptors (Lipinski definition) is 4. The number of ether oxygens (including phenoxy) is 1. The van der Waals surface area contributed by atoms with E-state index in [1.165, 1.54) is 10.4 Å². The van der Waals surface area contributed by atoms with Gasteiger partial charge < -0.3 is 10.1 Å². The first kappa shape index (κ1) is 14.0. The zero-order valence-electron chi connectivity index (χ0n) is 11.8. The van der Waals surface area contributed by atoms with Gasteiger partial charge in [0.15, 0.2) is 0 Å². The van der Waals surface area contributed by atoms with Crippen molar-refractivity contribution in [3.05, 3.63) is 45.9 Å². The SMILES string of the molecule is CNC(c1ccc(OC(C)C)cc1)c1cnc(C)s1. The van der Waals surface area contributed by atoms with Gasteiger partial charge in [-0.3, -0.25) is 0 Å². The van der Waals surface area contributed by atoms with E-state index in [0.717, 1.165) is 10.8 Å². The second-order valence-corrected chi connectivity index (χ2v) is 6.01. The van der Waals surface area contributed by atoms with Gasteiger partial charge in [-0.15, -0.1) is 11.3 Å². The summed E-state index contributed by atoms with van der Waals surface area (Å²) < 4.78 is 5.66. The van der Waals surface area contributed by atoms with E-state index >= 15 is 0 Å². The molecule has 0 radical (unpaired) electrons. The molecule has 0 amide bonds. The van der Waals surface area contributed by atoms with E-state index in [2.05, 4.69) is 22.4 Å². The molecular formula is C15H20N2OS. The van der Waals surface area contributed by atoms with Crippen LogP contribution in [0.3, 0.4) is 0 Å². The third kappa shape index (κ3) is 3.55. The molecule has 1 N–H and O–H groups in total. The fraction of sp³-hybridized carbons (Fsp3) is 0.400. The molecule has 1 heterocycles. The number of thiazole rings is 1. The molecule has 4 heteroatoms. The monoisotopic (exact) mass is 276 g/mol. The fourth-order valence-electron chi connectivity index (χ4n) is 2.00. The molecule has 3 nitrogen and oxygen atoms in total. The number of hydrogen-bond donors (Lipinski definition) is 1. The maximum Gasteiger partial charge on any atom is 0.119 e. The third-order valence-electron chi connectivity index (χ3n) is 2.80. The maximum absolute atomic E-state index is 5.66. The molecule has 0 saturated heterocycles. The summed E-state index contributed by atoms with van der Waals surface area (Å²) in [5, 5.41) is 4.43. The van der Waals surface area contributed by atoms with Crippen molar-refractivity contribution in [2.75, 3.05) is 7.05 Å². The highest BCUT2D eigenvalue weighted by Gasteiger charge is 2.14. The average molecular weight is 276 g/mol. The van der Waals surface area contributed by atoms with E-state index < -0.39 is 0 Å². The van der Waals surface area contributed by atoms with Gasteiger partial charge in [0.2, 0.25) is 0 Å². The molecule has 19 heavy (non-hydrogen) atoms. The van der Waals surface area contributed by atoms with Gasteiger partial charge in [0, 0.05) is 11.1 Å². The van der Waals surface area contributed by atoms with Crippen molar-refractivity contribution in [1.29, 1.82) is 0 Å². The second kappa shape index (κ2) is 6.17. The van der Waals surface area contributed by atoms with Gasteiger partial charge in [0.25, 0.3) is 0 Å². The van der Waals surface area contributed by atoms with E-state index in [1.807, 2.05) is 46.1 Å². The topological polar surface area (TPSA) is 34.1 Å². The number of benzene rings is 1. The summed E-state index contributed by atoms with van der Waals surface area (Å²) in [6, 6.07) is 8.45. The fourth-order valence-corrected chi connectivity index (χ4v) is 2.92. The van der Waals surface area contributed by atoms with E-state index in [4.69, 9.17) is 4.74 Å². The van der Waals surface area contributed by atoms with Crippen LogP contribution in [-0.4, -0.2) is 18.1 Å². The smallest absolute Gasteiger partial charge is 0.119 e. The zero-order valence-corrected chi connectivity index (χ0v) is 12.6. The molecule has 1 aromatic heterocycles. The number of nitrogens with one attached hydrogen (secondary N) is 1. The van der Waals surface area contributed by atoms with Gasteiger partial charge in [-0.25, -0.2) is 4.98 Å². The Morgan fingerprint density at radius 1 is 1.21 bits per heavy atom. The molecule has 0 spiro atoms. The first-order chi connectivity index (χ1) is 9.10. The predicted octanol–water partition coefficient (Wildman–Crippen LogP) is 3.55. The van der Waals surface area contributed by atoms with Crippen LogP contribution in [0.4, 0.5) is 0 Å². The maximum atomic E-state index is 5.66. The Balaban J connectivity index is 2.19. The van der Waals surface area contributed by atoms with Gasteiger partial charge >= 0.3 is 0 Å². The molecule has 0 aliphatic heterocycles. The lowest BCUT2D eigenvalue weighted by Crippen LogP contribution is -2.16. The average Bonchev–Trinajstić information content (AvgIpc) is 2.78. The molecule has 0 aliphatic carbocycles. The predicted molar refractivity (Wildman–Crippen MR) is 80.0 cm³/mol. The molecule has 2 rings (SSSR count). The Bertz CT molecular complexity index is 519. The van der Waals surface area contributed by atoms with Crippen LogP contribution in [0, 0.1) is 6.92 Å². The highest BCUT2D eigenvalue weighted by Crippen LogP contribution is 2.27. The molecule has 1 atom stereocenters. The second-order valence-electron chi connectivity index (χ2n) is 4.74. The summed E-state index contributed by atoms with van der Waals surface area (Å²) in [4.78, 5) is 5.56. The molecule has 0 bridgehead atoms. The van der Waals surface area contributed by atoms with Crippen LogP contribution in [-0.2, 0) is 0 Å². The van der Waals surface area contributed by atoms with Crippen molar-refractivity contribution in [3.63, 3.8) is 0 Å². The molecule has 0 fully saturated rings. The first-order valence-electron chi connectivity index (χ1n) is 6.46. The molecule has 1 aromatic carbocycles. The summed E-state index contributed by atoms with van der Waals surface area (Å²) in [6.07, 6.45) is 2.15. The molecule has 1 unspecified atom stereocenters. The number of aryl methyl sites for hydroxylation is 1. The lowest BCUT2D eigenvalue weighted by molar-refractivity contribution is 0.242. The molecule has 0 saturated carbocycles. The lowest BCUT2D eigenvalue weighted by atomic mass is 10.1. The van der Waals surface area contributed by atoms with Gasteiger partial charge in [-0.1, -0.05) is 12.1 Å². The van der Waals surface area contributed by atoms with Crippen LogP contribution in [0.25, 0.3) is 0 Å². The zero-order chi connectivity index (χ0) is 13.8.